The molecule has 0 aromatic rings. The number of hydrogen-bond acceptors (Lipinski definition) is 4. The number of carboxylic acids is 1. The van der Waals surface area contributed by atoms with E-state index in [0.29, 0.717) is 13.0 Å². The summed E-state index contributed by atoms with van der Waals surface area (Å²) in [6, 6.07) is 0. The lowest BCUT2D eigenvalue weighted by Crippen LogP contribution is -2.22. The van der Waals surface area contributed by atoms with Crippen LogP contribution in [0.25, 0.3) is 0 Å². The molecule has 0 heterocycles. The molecule has 0 aliphatic heterocycles. The number of allylic oxidation sites excluding steroid dienone is 3. The molecule has 1 aliphatic rings. The highest BCUT2D eigenvalue weighted by atomic mass is 16.5. The SMILES string of the molecule is C=CC(=O)OCCCCCCC1C=CC=C(C(=O)O)C1=O. The second-order valence-corrected chi connectivity index (χ2v) is 4.82. The highest BCUT2D eigenvalue weighted by molar-refractivity contribution is 6.18. The fraction of sp³-hybridized carbons (Fsp3) is 0.438. The van der Waals surface area contributed by atoms with E-state index in [-0.39, 0.29) is 17.3 Å². The number of esters is 1. The van der Waals surface area contributed by atoms with Crippen LogP contribution in [0.1, 0.15) is 32.1 Å². The van der Waals surface area contributed by atoms with E-state index in [0.717, 1.165) is 31.8 Å². The molecule has 0 saturated carbocycles. The van der Waals surface area contributed by atoms with Crippen molar-refractivity contribution >= 4 is 17.7 Å². The van der Waals surface area contributed by atoms with Gasteiger partial charge >= 0.3 is 11.9 Å². The minimum absolute atomic E-state index is 0.140. The number of hydrogen-bond donors (Lipinski definition) is 1. The van der Waals surface area contributed by atoms with Crippen molar-refractivity contribution in [3.63, 3.8) is 0 Å². The number of aliphatic carboxylic acids is 1. The van der Waals surface area contributed by atoms with Crippen LogP contribution in [-0.4, -0.2) is 29.4 Å². The summed E-state index contributed by atoms with van der Waals surface area (Å²) in [5.74, 6) is -2.23. The van der Waals surface area contributed by atoms with Crippen molar-refractivity contribution in [2.75, 3.05) is 6.61 Å². The van der Waals surface area contributed by atoms with Crippen molar-refractivity contribution < 1.29 is 24.2 Å². The Balaban J connectivity index is 2.16. The summed E-state index contributed by atoms with van der Waals surface area (Å²) in [5.41, 5.74) is -0.140. The van der Waals surface area contributed by atoms with E-state index in [1.165, 1.54) is 6.08 Å². The first-order valence-corrected chi connectivity index (χ1v) is 7.01. The molecule has 0 bridgehead atoms. The second kappa shape index (κ2) is 8.89. The van der Waals surface area contributed by atoms with E-state index >= 15 is 0 Å². The summed E-state index contributed by atoms with van der Waals surface area (Å²) >= 11 is 0. The molecule has 0 radical (unpaired) electrons. The normalized spacial score (nSPS) is 17.2. The highest BCUT2D eigenvalue weighted by Gasteiger charge is 2.25. The molecule has 5 heteroatoms. The average molecular weight is 292 g/mol. The highest BCUT2D eigenvalue weighted by Crippen LogP contribution is 2.21. The Labute approximate surface area is 124 Å². The van der Waals surface area contributed by atoms with Gasteiger partial charge in [-0.25, -0.2) is 9.59 Å². The van der Waals surface area contributed by atoms with Gasteiger partial charge in [-0.1, -0.05) is 38.0 Å². The molecule has 0 saturated heterocycles. The van der Waals surface area contributed by atoms with Gasteiger partial charge in [0.25, 0.3) is 0 Å². The molecule has 0 aromatic heterocycles. The van der Waals surface area contributed by atoms with Crippen molar-refractivity contribution in [2.45, 2.75) is 32.1 Å². The lowest BCUT2D eigenvalue weighted by Gasteiger charge is -2.14. The molecular formula is C16H20O5. The Morgan fingerprint density at radius 2 is 2.00 bits per heavy atom. The molecule has 1 rings (SSSR count). The minimum Gasteiger partial charge on any atom is -0.478 e. The van der Waals surface area contributed by atoms with Gasteiger partial charge in [0.1, 0.15) is 5.57 Å². The van der Waals surface area contributed by atoms with E-state index in [1.807, 2.05) is 0 Å². The molecule has 0 spiro atoms. The summed E-state index contributed by atoms with van der Waals surface area (Å²) in [7, 11) is 0. The quantitative estimate of drug-likeness (QED) is 0.305. The minimum atomic E-state index is -1.17. The molecule has 1 unspecified atom stereocenters. The molecule has 1 aliphatic carbocycles. The summed E-state index contributed by atoms with van der Waals surface area (Å²) < 4.78 is 4.85. The van der Waals surface area contributed by atoms with Crippen LogP contribution in [0.5, 0.6) is 0 Å². The number of carbonyl (C=O) groups is 3. The lowest BCUT2D eigenvalue weighted by atomic mass is 9.88. The van der Waals surface area contributed by atoms with Crippen LogP contribution in [0.4, 0.5) is 0 Å². The predicted molar refractivity (Wildman–Crippen MR) is 77.6 cm³/mol. The van der Waals surface area contributed by atoms with E-state index < -0.39 is 11.9 Å². The maximum absolute atomic E-state index is 11.9. The van der Waals surface area contributed by atoms with Crippen LogP contribution in [-0.2, 0) is 19.1 Å². The molecular weight excluding hydrogens is 272 g/mol. The first kappa shape index (κ1) is 16.9. The topological polar surface area (TPSA) is 80.7 Å². The van der Waals surface area contributed by atoms with Gasteiger partial charge in [-0.15, -0.1) is 0 Å². The number of carbonyl (C=O) groups excluding carboxylic acids is 2. The third kappa shape index (κ3) is 5.77. The monoisotopic (exact) mass is 292 g/mol. The molecule has 0 aromatic carbocycles. The lowest BCUT2D eigenvalue weighted by molar-refractivity contribution is -0.138. The Morgan fingerprint density at radius 1 is 1.29 bits per heavy atom. The standard InChI is InChI=1S/C16H20O5/c1-2-14(17)21-11-6-4-3-5-8-12-9-7-10-13(15(12)18)16(19)20/h2,7,9-10,12H,1,3-6,8,11H2,(H,19,20). The van der Waals surface area contributed by atoms with Gasteiger partial charge in [0.2, 0.25) is 0 Å². The van der Waals surface area contributed by atoms with Crippen molar-refractivity contribution in [1.29, 1.82) is 0 Å². The molecule has 0 fully saturated rings. The van der Waals surface area contributed by atoms with Crippen molar-refractivity contribution in [1.82, 2.24) is 0 Å². The van der Waals surface area contributed by atoms with E-state index in [4.69, 9.17) is 9.84 Å². The first-order valence-electron chi connectivity index (χ1n) is 7.01. The fourth-order valence-electron chi connectivity index (χ4n) is 2.11. The van der Waals surface area contributed by atoms with Crippen molar-refractivity contribution in [3.8, 4) is 0 Å². The van der Waals surface area contributed by atoms with E-state index in [1.54, 1.807) is 12.2 Å². The molecule has 5 nitrogen and oxygen atoms in total. The Morgan fingerprint density at radius 3 is 2.67 bits per heavy atom. The second-order valence-electron chi connectivity index (χ2n) is 4.82. The molecule has 21 heavy (non-hydrogen) atoms. The zero-order chi connectivity index (χ0) is 15.7. The number of ketones is 1. The number of rotatable bonds is 9. The third-order valence-electron chi connectivity index (χ3n) is 3.26. The average Bonchev–Trinajstić information content (AvgIpc) is 2.47. The summed E-state index contributed by atoms with van der Waals surface area (Å²) in [4.78, 5) is 33.5. The Bertz CT molecular complexity index is 473. The molecule has 1 N–H and O–H groups in total. The van der Waals surface area contributed by atoms with Crippen LogP contribution in [0.15, 0.2) is 36.5 Å². The van der Waals surface area contributed by atoms with Gasteiger partial charge in [-0.3, -0.25) is 4.79 Å². The van der Waals surface area contributed by atoms with Crippen molar-refractivity contribution in [2.24, 2.45) is 5.92 Å². The largest absolute Gasteiger partial charge is 0.478 e. The summed E-state index contributed by atoms with van der Waals surface area (Å²) in [6.07, 6.45) is 9.92. The molecule has 0 amide bonds. The summed E-state index contributed by atoms with van der Waals surface area (Å²) in [5, 5.41) is 8.89. The Hall–Kier alpha value is -2.17. The smallest absolute Gasteiger partial charge is 0.339 e. The van der Waals surface area contributed by atoms with Crippen LogP contribution in [0.2, 0.25) is 0 Å². The van der Waals surface area contributed by atoms with Gasteiger partial charge in [-0.2, -0.15) is 0 Å². The van der Waals surface area contributed by atoms with Crippen molar-refractivity contribution in [3.05, 3.63) is 36.5 Å². The van der Waals surface area contributed by atoms with Crippen LogP contribution < -0.4 is 0 Å². The van der Waals surface area contributed by atoms with Crippen LogP contribution >= 0.6 is 0 Å². The molecule has 1 atom stereocenters. The van der Waals surface area contributed by atoms with Gasteiger partial charge in [0.15, 0.2) is 5.78 Å². The molecule has 114 valence electrons. The van der Waals surface area contributed by atoms with Gasteiger partial charge in [0.05, 0.1) is 6.61 Å². The number of Topliss-reactive ketones (excluding diaryl/α,β-unsaturated/α-hetero) is 1. The van der Waals surface area contributed by atoms with E-state index in [2.05, 4.69) is 6.58 Å². The van der Waals surface area contributed by atoms with Gasteiger partial charge in [0, 0.05) is 12.0 Å². The fourth-order valence-corrected chi connectivity index (χ4v) is 2.11. The first-order chi connectivity index (χ1) is 10.1. The van der Waals surface area contributed by atoms with Gasteiger partial charge in [-0.05, 0) is 18.9 Å². The zero-order valence-corrected chi connectivity index (χ0v) is 11.9. The number of ether oxygens (including phenoxy) is 1. The van der Waals surface area contributed by atoms with Crippen LogP contribution in [0, 0.1) is 5.92 Å². The van der Waals surface area contributed by atoms with Gasteiger partial charge < -0.3 is 9.84 Å². The number of carboxylic acid groups (broad SMARTS) is 1. The maximum atomic E-state index is 11.9. The van der Waals surface area contributed by atoms with Crippen LogP contribution in [0.3, 0.4) is 0 Å². The maximum Gasteiger partial charge on any atom is 0.339 e. The zero-order valence-electron chi connectivity index (χ0n) is 11.9. The van der Waals surface area contributed by atoms with E-state index in [9.17, 15) is 14.4 Å². The summed E-state index contributed by atoms with van der Waals surface area (Å²) in [6.45, 7) is 3.68. The Kier molecular flexibility index (Phi) is 7.15. The number of unbranched alkanes of at least 4 members (excludes halogenated alkanes) is 3. The third-order valence-corrected chi connectivity index (χ3v) is 3.26. The predicted octanol–water partition coefficient (Wildman–Crippen LogP) is 2.43.